The normalized spacial score (nSPS) is 14.6. The molecule has 5 nitrogen and oxygen atoms in total. The summed E-state index contributed by atoms with van der Waals surface area (Å²) < 4.78 is 67.2. The quantitative estimate of drug-likeness (QED) is 0.783. The molecule has 0 radical (unpaired) electrons. The van der Waals surface area contributed by atoms with Gasteiger partial charge in [-0.3, -0.25) is 4.79 Å². The molecule has 0 saturated carbocycles. The van der Waals surface area contributed by atoms with E-state index in [1.54, 1.807) is 0 Å². The van der Waals surface area contributed by atoms with Crippen LogP contribution in [0.5, 0.6) is 0 Å². The molecule has 0 spiro atoms. The van der Waals surface area contributed by atoms with Gasteiger partial charge in [0.25, 0.3) is 5.56 Å². The van der Waals surface area contributed by atoms with Crippen molar-refractivity contribution in [2.24, 2.45) is 7.05 Å². The van der Waals surface area contributed by atoms with E-state index >= 15 is 0 Å². The summed E-state index contributed by atoms with van der Waals surface area (Å²) in [6, 6.07) is 2.46. The van der Waals surface area contributed by atoms with E-state index in [2.05, 4.69) is 5.10 Å². The number of halogens is 4. The first-order valence-electron chi connectivity index (χ1n) is 6.61. The van der Waals surface area contributed by atoms with Gasteiger partial charge in [0.2, 0.25) is 0 Å². The third-order valence-electron chi connectivity index (χ3n) is 3.27. The molecule has 2 rings (SSSR count). The van der Waals surface area contributed by atoms with Gasteiger partial charge < -0.3 is 0 Å². The summed E-state index contributed by atoms with van der Waals surface area (Å²) in [6.07, 6.45) is -3.69. The summed E-state index contributed by atoms with van der Waals surface area (Å²) in [6.45, 7) is 0. The van der Waals surface area contributed by atoms with Crippen molar-refractivity contribution in [3.8, 4) is 0 Å². The van der Waals surface area contributed by atoms with E-state index in [9.17, 15) is 26.6 Å². The Balaban J connectivity index is 2.42. The molecule has 1 aromatic heterocycles. The lowest BCUT2D eigenvalue weighted by molar-refractivity contribution is -0.170. The molecule has 24 heavy (non-hydrogen) atoms. The Morgan fingerprint density at radius 2 is 1.83 bits per heavy atom. The average Bonchev–Trinajstić information content (AvgIpc) is 2.50. The van der Waals surface area contributed by atoms with E-state index in [0.29, 0.717) is 4.31 Å². The Kier molecular flexibility index (Phi) is 5.19. The van der Waals surface area contributed by atoms with E-state index in [1.165, 1.54) is 7.05 Å². The lowest BCUT2D eigenvalue weighted by Crippen LogP contribution is -2.37. The zero-order valence-corrected chi connectivity index (χ0v) is 13.4. The minimum atomic E-state index is -4.75. The van der Waals surface area contributed by atoms with Crippen LogP contribution >= 0.6 is 0 Å². The SMILES string of the molecule is CN(C(c1ccc(F)cc1)C(F)(F)F)S(=O)c1cnn(C)c(=O)c1. The first-order chi connectivity index (χ1) is 11.1. The molecule has 0 aliphatic rings. The maximum absolute atomic E-state index is 13.4. The van der Waals surface area contributed by atoms with Crippen LogP contribution in [0, 0.1) is 5.82 Å². The topological polar surface area (TPSA) is 55.2 Å². The van der Waals surface area contributed by atoms with Crippen LogP contribution in [0.15, 0.2) is 46.2 Å². The molecule has 2 atom stereocenters. The largest absolute Gasteiger partial charge is 0.409 e. The molecule has 0 N–H and O–H groups in total. The van der Waals surface area contributed by atoms with Crippen LogP contribution in [0.25, 0.3) is 0 Å². The van der Waals surface area contributed by atoms with Crippen molar-refractivity contribution in [2.75, 3.05) is 7.05 Å². The molecule has 2 aromatic rings. The van der Waals surface area contributed by atoms with Crippen molar-refractivity contribution in [1.82, 2.24) is 14.1 Å². The monoisotopic (exact) mass is 363 g/mol. The summed E-state index contributed by atoms with van der Waals surface area (Å²) in [5, 5.41) is 3.64. The molecular formula is C14H13F4N3O2S. The highest BCUT2D eigenvalue weighted by Crippen LogP contribution is 2.38. The molecule has 1 aromatic carbocycles. The molecule has 0 aliphatic carbocycles. The summed E-state index contributed by atoms with van der Waals surface area (Å²) in [5.74, 6) is -0.681. The van der Waals surface area contributed by atoms with Crippen LogP contribution in [0.4, 0.5) is 17.6 Å². The third-order valence-corrected chi connectivity index (χ3v) is 4.63. The zero-order valence-electron chi connectivity index (χ0n) is 12.6. The van der Waals surface area contributed by atoms with Gasteiger partial charge in [-0.05, 0) is 17.7 Å². The molecule has 0 fully saturated rings. The van der Waals surface area contributed by atoms with Gasteiger partial charge in [0.15, 0.2) is 0 Å². The van der Waals surface area contributed by atoms with Crippen molar-refractivity contribution in [2.45, 2.75) is 17.1 Å². The Bertz CT molecular complexity index is 805. The highest BCUT2D eigenvalue weighted by molar-refractivity contribution is 7.82. The molecule has 0 saturated heterocycles. The summed E-state index contributed by atoms with van der Waals surface area (Å²) in [5.41, 5.74) is -0.865. The Morgan fingerprint density at radius 1 is 1.25 bits per heavy atom. The first kappa shape index (κ1) is 18.3. The van der Waals surface area contributed by atoms with E-state index in [-0.39, 0.29) is 10.5 Å². The van der Waals surface area contributed by atoms with Gasteiger partial charge >= 0.3 is 6.18 Å². The fourth-order valence-corrected chi connectivity index (χ4v) is 3.16. The second-order valence-electron chi connectivity index (χ2n) is 4.94. The molecule has 2 unspecified atom stereocenters. The van der Waals surface area contributed by atoms with E-state index in [4.69, 9.17) is 0 Å². The second kappa shape index (κ2) is 6.81. The van der Waals surface area contributed by atoms with E-state index in [0.717, 1.165) is 48.3 Å². The van der Waals surface area contributed by atoms with Gasteiger partial charge in [-0.15, -0.1) is 0 Å². The van der Waals surface area contributed by atoms with E-state index < -0.39 is 34.6 Å². The predicted molar refractivity (Wildman–Crippen MR) is 78.8 cm³/mol. The minimum absolute atomic E-state index is 0.156. The number of benzene rings is 1. The average molecular weight is 363 g/mol. The number of hydrogen-bond acceptors (Lipinski definition) is 3. The van der Waals surface area contributed by atoms with Crippen LogP contribution in [0.1, 0.15) is 11.6 Å². The number of hydrogen-bond donors (Lipinski definition) is 0. The van der Waals surface area contributed by atoms with Crippen LogP contribution in [0.2, 0.25) is 0 Å². The summed E-state index contributed by atoms with van der Waals surface area (Å²) in [7, 11) is 0.0806. The number of rotatable bonds is 4. The fourth-order valence-electron chi connectivity index (χ4n) is 2.06. The Hall–Kier alpha value is -2.07. The zero-order chi connectivity index (χ0) is 18.1. The fraction of sp³-hybridized carbons (Fsp3) is 0.286. The first-order valence-corrected chi connectivity index (χ1v) is 7.72. The second-order valence-corrected chi connectivity index (χ2v) is 6.49. The lowest BCUT2D eigenvalue weighted by Gasteiger charge is -2.29. The van der Waals surface area contributed by atoms with Crippen molar-refractivity contribution in [3.63, 3.8) is 0 Å². The van der Waals surface area contributed by atoms with Gasteiger partial charge in [-0.2, -0.15) is 18.3 Å². The van der Waals surface area contributed by atoms with Crippen LogP contribution < -0.4 is 5.56 Å². The van der Waals surface area contributed by atoms with Gasteiger partial charge in [0.1, 0.15) is 22.8 Å². The Morgan fingerprint density at radius 3 is 2.33 bits per heavy atom. The standard InChI is InChI=1S/C14H13F4N3O2S/c1-20-12(22)7-11(8-19-20)24(23)21(2)13(14(16,17)18)9-3-5-10(15)6-4-9/h3-8,13H,1-2H3. The maximum Gasteiger partial charge on any atom is 0.409 e. The number of aromatic nitrogens is 2. The molecule has 0 aliphatic heterocycles. The predicted octanol–water partition coefficient (Wildman–Crippen LogP) is 2.18. The Labute approximate surface area is 137 Å². The van der Waals surface area contributed by atoms with Crippen molar-refractivity contribution < 1.29 is 21.8 Å². The van der Waals surface area contributed by atoms with Crippen molar-refractivity contribution >= 4 is 11.0 Å². The number of alkyl halides is 3. The molecule has 0 amide bonds. The highest BCUT2D eigenvalue weighted by Gasteiger charge is 2.45. The summed E-state index contributed by atoms with van der Waals surface area (Å²) in [4.78, 5) is 11.4. The van der Waals surface area contributed by atoms with Crippen molar-refractivity contribution in [3.05, 3.63) is 58.3 Å². The molecule has 10 heteroatoms. The number of nitrogens with zero attached hydrogens (tertiary/aromatic N) is 3. The van der Waals surface area contributed by atoms with Crippen molar-refractivity contribution in [1.29, 1.82) is 0 Å². The molecule has 0 bridgehead atoms. The van der Waals surface area contributed by atoms with Gasteiger partial charge in [-0.25, -0.2) is 17.6 Å². The van der Waals surface area contributed by atoms with Gasteiger partial charge in [0, 0.05) is 20.2 Å². The third kappa shape index (κ3) is 3.88. The van der Waals surface area contributed by atoms with E-state index in [1.807, 2.05) is 0 Å². The van der Waals surface area contributed by atoms with Crippen LogP contribution in [-0.4, -0.2) is 31.5 Å². The number of aryl methyl sites for hydroxylation is 1. The van der Waals surface area contributed by atoms with Crippen LogP contribution in [0.3, 0.4) is 0 Å². The molecule has 130 valence electrons. The molecule has 1 heterocycles. The van der Waals surface area contributed by atoms with Crippen LogP contribution in [-0.2, 0) is 18.0 Å². The minimum Gasteiger partial charge on any atom is -0.268 e. The lowest BCUT2D eigenvalue weighted by atomic mass is 10.1. The van der Waals surface area contributed by atoms with Gasteiger partial charge in [0.05, 0.1) is 11.1 Å². The summed E-state index contributed by atoms with van der Waals surface area (Å²) >= 11 is 0. The maximum atomic E-state index is 13.4. The highest BCUT2D eigenvalue weighted by atomic mass is 32.2. The van der Waals surface area contributed by atoms with Gasteiger partial charge in [-0.1, -0.05) is 12.1 Å². The molecular weight excluding hydrogens is 350 g/mol. The smallest absolute Gasteiger partial charge is 0.268 e.